The summed E-state index contributed by atoms with van der Waals surface area (Å²) < 4.78 is 4.65. The van der Waals surface area contributed by atoms with Crippen LogP contribution in [0.1, 0.15) is 10.4 Å². The fourth-order valence-electron chi connectivity index (χ4n) is 1.73. The lowest BCUT2D eigenvalue weighted by atomic mass is 10.2. The summed E-state index contributed by atoms with van der Waals surface area (Å²) in [7, 11) is 3.08. The van der Waals surface area contributed by atoms with Gasteiger partial charge in [-0.1, -0.05) is 6.58 Å². The smallest absolute Gasteiger partial charge is 0.337 e. The molecule has 2 rings (SSSR count). The molecule has 8 heteroatoms. The number of carbonyl (C=O) groups excluding carboxylic acids is 2. The molecule has 0 spiro atoms. The molecule has 1 heterocycles. The molecule has 0 radical (unpaired) electrons. The largest absolute Gasteiger partial charge is 0.465 e. The Bertz CT molecular complexity index is 730. The topological polar surface area (TPSA) is 97.3 Å². The second-order valence-electron chi connectivity index (χ2n) is 4.40. The van der Waals surface area contributed by atoms with Crippen LogP contribution in [0.5, 0.6) is 0 Å². The molecule has 0 aliphatic rings. The van der Waals surface area contributed by atoms with Gasteiger partial charge in [0.05, 0.1) is 12.7 Å². The predicted molar refractivity (Wildman–Crippen MR) is 84.5 cm³/mol. The number of nitrogens with one attached hydrogen (secondary N) is 1. The number of carbonyl (C=O) groups is 2. The fourth-order valence-corrected chi connectivity index (χ4v) is 1.73. The molecule has 0 saturated carbocycles. The van der Waals surface area contributed by atoms with E-state index in [4.69, 9.17) is 0 Å². The van der Waals surface area contributed by atoms with E-state index in [2.05, 4.69) is 31.6 Å². The number of anilines is 3. The molecular formula is C15H15N5O3. The SMILES string of the molecule is C=CC(=O)Nc1ncnc(N(C)c2ccc(C(=O)OC)cc2)n1. The Hall–Kier alpha value is -3.29. The number of hydrogen-bond acceptors (Lipinski definition) is 7. The third-order valence-corrected chi connectivity index (χ3v) is 2.96. The van der Waals surface area contributed by atoms with Crippen molar-refractivity contribution >= 4 is 29.5 Å². The zero-order valence-corrected chi connectivity index (χ0v) is 12.7. The Balaban J connectivity index is 2.21. The van der Waals surface area contributed by atoms with Crippen molar-refractivity contribution in [2.45, 2.75) is 0 Å². The minimum Gasteiger partial charge on any atom is -0.465 e. The van der Waals surface area contributed by atoms with Crippen molar-refractivity contribution in [1.29, 1.82) is 0 Å². The molecule has 0 atom stereocenters. The lowest BCUT2D eigenvalue weighted by Crippen LogP contribution is -2.16. The van der Waals surface area contributed by atoms with Gasteiger partial charge in [-0.25, -0.2) is 14.8 Å². The Kier molecular flexibility index (Phi) is 4.98. The molecule has 0 aliphatic carbocycles. The summed E-state index contributed by atoms with van der Waals surface area (Å²) >= 11 is 0. The number of nitrogens with zero attached hydrogens (tertiary/aromatic N) is 4. The van der Waals surface area contributed by atoms with E-state index in [0.717, 1.165) is 11.8 Å². The third-order valence-electron chi connectivity index (χ3n) is 2.96. The standard InChI is InChI=1S/C15H15N5O3/c1-4-12(21)18-14-16-9-17-15(19-14)20(2)11-7-5-10(6-8-11)13(22)23-3/h4-9H,1H2,2-3H3,(H,16,17,18,19,21). The first-order valence-corrected chi connectivity index (χ1v) is 6.59. The zero-order valence-electron chi connectivity index (χ0n) is 12.7. The van der Waals surface area contributed by atoms with Crippen LogP contribution >= 0.6 is 0 Å². The second kappa shape index (κ2) is 7.12. The number of esters is 1. The fraction of sp³-hybridized carbons (Fsp3) is 0.133. The summed E-state index contributed by atoms with van der Waals surface area (Å²) in [5.41, 5.74) is 1.20. The van der Waals surface area contributed by atoms with Gasteiger partial charge >= 0.3 is 5.97 Å². The predicted octanol–water partition coefficient (Wildman–Crippen LogP) is 1.55. The van der Waals surface area contributed by atoms with Gasteiger partial charge in [0.1, 0.15) is 6.33 Å². The van der Waals surface area contributed by atoms with Gasteiger partial charge in [-0.15, -0.1) is 0 Å². The van der Waals surface area contributed by atoms with Crippen LogP contribution in [0.4, 0.5) is 17.6 Å². The van der Waals surface area contributed by atoms with E-state index in [1.807, 2.05) is 0 Å². The lowest BCUT2D eigenvalue weighted by Gasteiger charge is -2.17. The van der Waals surface area contributed by atoms with Crippen molar-refractivity contribution in [2.24, 2.45) is 0 Å². The summed E-state index contributed by atoms with van der Waals surface area (Å²) in [6, 6.07) is 6.74. The quantitative estimate of drug-likeness (QED) is 0.660. The highest BCUT2D eigenvalue weighted by Gasteiger charge is 2.11. The van der Waals surface area contributed by atoms with E-state index < -0.39 is 11.9 Å². The normalized spacial score (nSPS) is 9.83. The van der Waals surface area contributed by atoms with E-state index >= 15 is 0 Å². The lowest BCUT2D eigenvalue weighted by molar-refractivity contribution is -0.111. The van der Waals surface area contributed by atoms with Crippen LogP contribution in [0, 0.1) is 0 Å². The summed E-state index contributed by atoms with van der Waals surface area (Å²) in [4.78, 5) is 36.4. The second-order valence-corrected chi connectivity index (χ2v) is 4.40. The molecule has 1 N–H and O–H groups in total. The van der Waals surface area contributed by atoms with Crippen molar-refractivity contribution < 1.29 is 14.3 Å². The molecular weight excluding hydrogens is 298 g/mol. The number of benzene rings is 1. The monoisotopic (exact) mass is 313 g/mol. The molecule has 1 amide bonds. The number of rotatable bonds is 5. The van der Waals surface area contributed by atoms with Crippen LogP contribution < -0.4 is 10.2 Å². The Morgan fingerprint density at radius 2 is 1.96 bits per heavy atom. The maximum atomic E-state index is 11.4. The molecule has 1 aromatic carbocycles. The molecule has 8 nitrogen and oxygen atoms in total. The Morgan fingerprint density at radius 1 is 1.26 bits per heavy atom. The maximum absolute atomic E-state index is 11.4. The molecule has 0 unspecified atom stereocenters. The van der Waals surface area contributed by atoms with Gasteiger partial charge in [-0.2, -0.15) is 4.98 Å². The number of aromatic nitrogens is 3. The van der Waals surface area contributed by atoms with Gasteiger partial charge in [0, 0.05) is 12.7 Å². The highest BCUT2D eigenvalue weighted by molar-refractivity contribution is 5.97. The van der Waals surface area contributed by atoms with Crippen LogP contribution in [0.3, 0.4) is 0 Å². The average molecular weight is 313 g/mol. The molecule has 0 fully saturated rings. The first kappa shape index (κ1) is 16.1. The van der Waals surface area contributed by atoms with Crippen molar-refractivity contribution in [3.8, 4) is 0 Å². The van der Waals surface area contributed by atoms with Crippen molar-refractivity contribution in [3.05, 3.63) is 48.8 Å². The van der Waals surface area contributed by atoms with Crippen LogP contribution in [0.25, 0.3) is 0 Å². The molecule has 0 aliphatic heterocycles. The van der Waals surface area contributed by atoms with E-state index in [1.165, 1.54) is 13.4 Å². The number of ether oxygens (including phenoxy) is 1. The molecule has 118 valence electrons. The molecule has 2 aromatic rings. The zero-order chi connectivity index (χ0) is 16.8. The highest BCUT2D eigenvalue weighted by Crippen LogP contribution is 2.21. The summed E-state index contributed by atoms with van der Waals surface area (Å²) in [5.74, 6) is -0.357. The van der Waals surface area contributed by atoms with E-state index in [-0.39, 0.29) is 5.95 Å². The molecule has 0 bridgehead atoms. The van der Waals surface area contributed by atoms with Crippen molar-refractivity contribution in [2.75, 3.05) is 24.4 Å². The number of hydrogen-bond donors (Lipinski definition) is 1. The van der Waals surface area contributed by atoms with Gasteiger partial charge in [0.25, 0.3) is 0 Å². The average Bonchev–Trinajstić information content (AvgIpc) is 2.60. The number of methoxy groups -OCH3 is 1. The minimum absolute atomic E-state index is 0.123. The van der Waals surface area contributed by atoms with Crippen LogP contribution in [-0.2, 0) is 9.53 Å². The molecule has 0 saturated heterocycles. The highest BCUT2D eigenvalue weighted by atomic mass is 16.5. The summed E-state index contributed by atoms with van der Waals surface area (Å²) in [5, 5.41) is 2.46. The van der Waals surface area contributed by atoms with Crippen molar-refractivity contribution in [3.63, 3.8) is 0 Å². The van der Waals surface area contributed by atoms with Gasteiger partial charge < -0.3 is 9.64 Å². The first-order chi connectivity index (χ1) is 11.0. The Labute approximate surface area is 132 Å². The summed E-state index contributed by atoms with van der Waals surface area (Å²) in [6.07, 6.45) is 2.42. The summed E-state index contributed by atoms with van der Waals surface area (Å²) in [6.45, 7) is 3.36. The van der Waals surface area contributed by atoms with Gasteiger partial charge in [0.2, 0.25) is 17.8 Å². The minimum atomic E-state index is -0.410. The van der Waals surface area contributed by atoms with Crippen LogP contribution in [0.2, 0.25) is 0 Å². The van der Waals surface area contributed by atoms with Crippen molar-refractivity contribution in [1.82, 2.24) is 15.0 Å². The number of amides is 1. The van der Waals surface area contributed by atoms with E-state index in [0.29, 0.717) is 11.5 Å². The van der Waals surface area contributed by atoms with Gasteiger partial charge in [0.15, 0.2) is 0 Å². The van der Waals surface area contributed by atoms with Crippen LogP contribution in [-0.4, -0.2) is 41.0 Å². The van der Waals surface area contributed by atoms with E-state index in [9.17, 15) is 9.59 Å². The van der Waals surface area contributed by atoms with Crippen LogP contribution in [0.15, 0.2) is 43.2 Å². The molecule has 23 heavy (non-hydrogen) atoms. The van der Waals surface area contributed by atoms with E-state index in [1.54, 1.807) is 36.2 Å². The van der Waals surface area contributed by atoms with Gasteiger partial charge in [-0.05, 0) is 30.3 Å². The maximum Gasteiger partial charge on any atom is 0.337 e. The molecule has 1 aromatic heterocycles. The van der Waals surface area contributed by atoms with Gasteiger partial charge in [-0.3, -0.25) is 10.1 Å². The first-order valence-electron chi connectivity index (χ1n) is 6.59. The third kappa shape index (κ3) is 3.88. The Morgan fingerprint density at radius 3 is 2.57 bits per heavy atom.